The second-order valence-electron chi connectivity index (χ2n) is 3.65. The van der Waals surface area contributed by atoms with Crippen molar-refractivity contribution in [2.45, 2.75) is 6.61 Å². The summed E-state index contributed by atoms with van der Waals surface area (Å²) in [6.07, 6.45) is 1.62. The van der Waals surface area contributed by atoms with Gasteiger partial charge in [0.1, 0.15) is 12.2 Å². The third kappa shape index (κ3) is 3.16. The summed E-state index contributed by atoms with van der Waals surface area (Å²) < 4.78 is 5.44. The van der Waals surface area contributed by atoms with Crippen LogP contribution in [0.25, 0.3) is 0 Å². The van der Waals surface area contributed by atoms with Crippen LogP contribution in [0.2, 0.25) is 10.0 Å². The van der Waals surface area contributed by atoms with Crippen LogP contribution in [-0.2, 0) is 6.61 Å². The topological polar surface area (TPSA) is 59.4 Å². The van der Waals surface area contributed by atoms with Crippen LogP contribution >= 0.6 is 23.2 Å². The number of nitrogens with zero attached hydrogens (tertiary/aromatic N) is 1. The van der Waals surface area contributed by atoms with E-state index in [0.717, 1.165) is 0 Å². The van der Waals surface area contributed by atoms with Crippen LogP contribution in [0, 0.1) is 0 Å². The average molecular weight is 298 g/mol. The third-order valence-electron chi connectivity index (χ3n) is 2.36. The van der Waals surface area contributed by atoms with Crippen molar-refractivity contribution in [3.63, 3.8) is 0 Å². The van der Waals surface area contributed by atoms with Crippen molar-refractivity contribution >= 4 is 29.2 Å². The number of carbonyl (C=O) groups is 1. The molecule has 0 aliphatic carbocycles. The number of aromatic nitrogens is 1. The first-order valence-electron chi connectivity index (χ1n) is 5.33. The first-order valence-corrected chi connectivity index (χ1v) is 6.09. The molecule has 1 heterocycles. The second kappa shape index (κ2) is 5.91. The van der Waals surface area contributed by atoms with Crippen molar-refractivity contribution < 1.29 is 14.6 Å². The number of rotatable bonds is 4. The standard InChI is InChI=1S/C13H9Cl2NO3/c14-9-4-5-10(15)12(11(9)13(17)18)19-7-8-3-1-2-6-16-8/h1-6H,7H2,(H,17,18). The van der Waals surface area contributed by atoms with E-state index >= 15 is 0 Å². The third-order valence-corrected chi connectivity index (χ3v) is 2.98. The van der Waals surface area contributed by atoms with Crippen molar-refractivity contribution in [3.05, 3.63) is 57.8 Å². The van der Waals surface area contributed by atoms with Gasteiger partial charge in [0.25, 0.3) is 0 Å². The maximum absolute atomic E-state index is 11.2. The highest BCUT2D eigenvalue weighted by Crippen LogP contribution is 2.34. The summed E-state index contributed by atoms with van der Waals surface area (Å²) in [4.78, 5) is 15.2. The van der Waals surface area contributed by atoms with Gasteiger partial charge < -0.3 is 9.84 Å². The summed E-state index contributed by atoms with van der Waals surface area (Å²) in [6.45, 7) is 0.112. The molecule has 0 aliphatic rings. The molecule has 0 spiro atoms. The lowest BCUT2D eigenvalue weighted by Crippen LogP contribution is -2.05. The molecule has 0 radical (unpaired) electrons. The lowest BCUT2D eigenvalue weighted by molar-refractivity contribution is 0.0692. The van der Waals surface area contributed by atoms with Crippen molar-refractivity contribution in [2.24, 2.45) is 0 Å². The summed E-state index contributed by atoms with van der Waals surface area (Å²) in [5.74, 6) is -1.14. The summed E-state index contributed by atoms with van der Waals surface area (Å²) in [5, 5.41) is 9.40. The van der Waals surface area contributed by atoms with Gasteiger partial charge in [-0.05, 0) is 24.3 Å². The van der Waals surface area contributed by atoms with Crippen LogP contribution in [0.4, 0.5) is 0 Å². The second-order valence-corrected chi connectivity index (χ2v) is 4.46. The molecule has 0 aliphatic heterocycles. The highest BCUT2D eigenvalue weighted by Gasteiger charge is 2.19. The fraction of sp³-hybridized carbons (Fsp3) is 0.0769. The van der Waals surface area contributed by atoms with Crippen LogP contribution in [0.1, 0.15) is 16.1 Å². The number of hydrogen-bond donors (Lipinski definition) is 1. The molecule has 4 nitrogen and oxygen atoms in total. The molecular weight excluding hydrogens is 289 g/mol. The molecule has 1 N–H and O–H groups in total. The van der Waals surface area contributed by atoms with Gasteiger partial charge >= 0.3 is 5.97 Å². The maximum Gasteiger partial charge on any atom is 0.341 e. The Morgan fingerprint density at radius 2 is 1.95 bits per heavy atom. The predicted octanol–water partition coefficient (Wildman–Crippen LogP) is 3.67. The zero-order chi connectivity index (χ0) is 13.8. The Morgan fingerprint density at radius 3 is 2.58 bits per heavy atom. The van der Waals surface area contributed by atoms with Gasteiger partial charge in [0.15, 0.2) is 5.75 Å². The van der Waals surface area contributed by atoms with E-state index in [9.17, 15) is 4.79 Å². The van der Waals surface area contributed by atoms with Gasteiger partial charge in [0, 0.05) is 6.20 Å². The van der Waals surface area contributed by atoms with Crippen LogP contribution < -0.4 is 4.74 Å². The fourth-order valence-electron chi connectivity index (χ4n) is 1.50. The number of halogens is 2. The number of ether oxygens (including phenoxy) is 1. The molecule has 0 atom stereocenters. The largest absolute Gasteiger partial charge is 0.485 e. The zero-order valence-corrected chi connectivity index (χ0v) is 11.1. The van der Waals surface area contributed by atoms with Gasteiger partial charge in [0.05, 0.1) is 15.7 Å². The van der Waals surface area contributed by atoms with E-state index in [0.29, 0.717) is 5.69 Å². The van der Waals surface area contributed by atoms with Gasteiger partial charge in [0.2, 0.25) is 0 Å². The molecule has 19 heavy (non-hydrogen) atoms. The molecular formula is C13H9Cl2NO3. The van der Waals surface area contributed by atoms with E-state index < -0.39 is 5.97 Å². The Morgan fingerprint density at radius 1 is 1.21 bits per heavy atom. The van der Waals surface area contributed by atoms with E-state index in [1.54, 1.807) is 18.3 Å². The smallest absolute Gasteiger partial charge is 0.341 e. The first-order chi connectivity index (χ1) is 9.09. The molecule has 2 rings (SSSR count). The Labute approximate surface area is 119 Å². The minimum absolute atomic E-state index is 0.0484. The SMILES string of the molecule is O=C(O)c1c(Cl)ccc(Cl)c1OCc1ccccn1. The van der Waals surface area contributed by atoms with Crippen LogP contribution in [-0.4, -0.2) is 16.1 Å². The van der Waals surface area contributed by atoms with E-state index in [4.69, 9.17) is 33.0 Å². The number of carboxylic acids is 1. The Balaban J connectivity index is 2.29. The summed E-state index contributed by atoms with van der Waals surface area (Å²) in [5.41, 5.74) is 0.514. The van der Waals surface area contributed by atoms with Crippen LogP contribution in [0.3, 0.4) is 0 Å². The minimum atomic E-state index is -1.19. The van der Waals surface area contributed by atoms with Gasteiger partial charge in [-0.15, -0.1) is 0 Å². The number of pyridine rings is 1. The van der Waals surface area contributed by atoms with Crippen molar-refractivity contribution in [3.8, 4) is 5.75 Å². The van der Waals surface area contributed by atoms with Crippen LogP contribution in [0.5, 0.6) is 5.75 Å². The molecule has 0 unspecified atom stereocenters. The normalized spacial score (nSPS) is 10.2. The van der Waals surface area contributed by atoms with Gasteiger partial charge in [-0.1, -0.05) is 29.3 Å². The van der Waals surface area contributed by atoms with E-state index in [1.165, 1.54) is 12.1 Å². The monoisotopic (exact) mass is 297 g/mol. The maximum atomic E-state index is 11.2. The lowest BCUT2D eigenvalue weighted by atomic mass is 10.2. The van der Waals surface area contributed by atoms with Gasteiger partial charge in [-0.3, -0.25) is 4.98 Å². The Bertz CT molecular complexity index is 602. The molecule has 1 aromatic carbocycles. The van der Waals surface area contributed by atoms with Gasteiger partial charge in [-0.2, -0.15) is 0 Å². The highest BCUT2D eigenvalue weighted by molar-refractivity contribution is 6.36. The summed E-state index contributed by atoms with van der Waals surface area (Å²) in [7, 11) is 0. The molecule has 2 aromatic rings. The van der Waals surface area contributed by atoms with Gasteiger partial charge in [-0.25, -0.2) is 4.79 Å². The number of carboxylic acid groups (broad SMARTS) is 1. The van der Waals surface area contributed by atoms with Crippen molar-refractivity contribution in [1.82, 2.24) is 4.98 Å². The average Bonchev–Trinajstić information content (AvgIpc) is 2.40. The number of hydrogen-bond acceptors (Lipinski definition) is 3. The molecule has 0 saturated carbocycles. The zero-order valence-electron chi connectivity index (χ0n) is 9.64. The molecule has 6 heteroatoms. The summed E-state index contributed by atoms with van der Waals surface area (Å²) >= 11 is 11.8. The lowest BCUT2D eigenvalue weighted by Gasteiger charge is -2.11. The molecule has 1 aromatic heterocycles. The molecule has 0 amide bonds. The van der Waals surface area contributed by atoms with Crippen molar-refractivity contribution in [2.75, 3.05) is 0 Å². The number of aromatic carboxylic acids is 1. The van der Waals surface area contributed by atoms with E-state index in [1.807, 2.05) is 6.07 Å². The number of benzene rings is 1. The molecule has 0 bridgehead atoms. The Kier molecular flexibility index (Phi) is 4.24. The molecule has 0 fully saturated rings. The minimum Gasteiger partial charge on any atom is -0.485 e. The predicted molar refractivity (Wildman–Crippen MR) is 72.0 cm³/mol. The summed E-state index contributed by atoms with van der Waals surface area (Å²) in [6, 6.07) is 8.26. The molecule has 0 saturated heterocycles. The fourth-order valence-corrected chi connectivity index (χ4v) is 1.94. The Hall–Kier alpha value is -1.78. The van der Waals surface area contributed by atoms with Crippen LogP contribution in [0.15, 0.2) is 36.5 Å². The van der Waals surface area contributed by atoms with E-state index in [-0.39, 0.29) is 28.0 Å². The molecule has 98 valence electrons. The van der Waals surface area contributed by atoms with Crippen molar-refractivity contribution in [1.29, 1.82) is 0 Å². The highest BCUT2D eigenvalue weighted by atomic mass is 35.5. The quantitative estimate of drug-likeness (QED) is 0.935. The van der Waals surface area contributed by atoms with E-state index in [2.05, 4.69) is 4.98 Å². The first kappa shape index (κ1) is 13.6.